The minimum Gasteiger partial charge on any atom is -0.507 e. The standard InChI is InChI=1S/C29H29NO4/c1-2-3-20-34-24-16-14-22(15-17-24)26-25(27(31)23-12-8-5-9-13-23)28(32)29(33)30(26)19-18-21-10-6-4-7-11-21/h4-17,26,31H,2-3,18-20H2,1H3/b27-25+. The molecule has 4 rings (SSSR count). The number of hydrogen-bond donors (Lipinski definition) is 1. The molecular weight excluding hydrogens is 426 g/mol. The number of amides is 1. The number of ether oxygens (including phenoxy) is 1. The van der Waals surface area contributed by atoms with Crippen molar-refractivity contribution in [2.24, 2.45) is 0 Å². The van der Waals surface area contributed by atoms with Crippen molar-refractivity contribution in [3.63, 3.8) is 0 Å². The SMILES string of the molecule is CCCCOc1ccc(C2/C(=C(\O)c3ccccc3)C(=O)C(=O)N2CCc2ccccc2)cc1. The molecule has 0 radical (unpaired) electrons. The molecule has 1 aliphatic heterocycles. The molecule has 1 heterocycles. The average molecular weight is 456 g/mol. The highest BCUT2D eigenvalue weighted by atomic mass is 16.5. The summed E-state index contributed by atoms with van der Waals surface area (Å²) in [7, 11) is 0. The van der Waals surface area contributed by atoms with E-state index in [1.54, 1.807) is 29.2 Å². The van der Waals surface area contributed by atoms with Crippen molar-refractivity contribution in [2.45, 2.75) is 32.2 Å². The van der Waals surface area contributed by atoms with Gasteiger partial charge < -0.3 is 14.7 Å². The Morgan fingerprint density at radius 1 is 0.912 bits per heavy atom. The van der Waals surface area contributed by atoms with E-state index < -0.39 is 17.7 Å². The molecule has 1 N–H and O–H groups in total. The van der Waals surface area contributed by atoms with Crippen LogP contribution in [0.2, 0.25) is 0 Å². The van der Waals surface area contributed by atoms with Gasteiger partial charge in [0.2, 0.25) is 0 Å². The first-order chi connectivity index (χ1) is 16.6. The van der Waals surface area contributed by atoms with E-state index in [1.807, 2.05) is 60.7 Å². The Morgan fingerprint density at radius 3 is 2.21 bits per heavy atom. The lowest BCUT2D eigenvalue weighted by Gasteiger charge is -2.25. The van der Waals surface area contributed by atoms with Crippen LogP contribution in [-0.4, -0.2) is 34.8 Å². The number of nitrogens with zero attached hydrogens (tertiary/aromatic N) is 1. The molecule has 0 bridgehead atoms. The van der Waals surface area contributed by atoms with Gasteiger partial charge in [-0.1, -0.05) is 86.1 Å². The minimum absolute atomic E-state index is 0.115. The maximum atomic E-state index is 13.1. The van der Waals surface area contributed by atoms with Gasteiger partial charge in [0.05, 0.1) is 18.2 Å². The van der Waals surface area contributed by atoms with Gasteiger partial charge in [0, 0.05) is 12.1 Å². The summed E-state index contributed by atoms with van der Waals surface area (Å²) in [5.41, 5.74) is 2.45. The summed E-state index contributed by atoms with van der Waals surface area (Å²) in [6, 6.07) is 25.5. The first-order valence-electron chi connectivity index (χ1n) is 11.7. The zero-order valence-electron chi connectivity index (χ0n) is 19.3. The summed E-state index contributed by atoms with van der Waals surface area (Å²) < 4.78 is 5.77. The van der Waals surface area contributed by atoms with Crippen LogP contribution in [0.5, 0.6) is 5.75 Å². The number of unbranched alkanes of at least 4 members (excludes halogenated alkanes) is 1. The van der Waals surface area contributed by atoms with Gasteiger partial charge in [0.25, 0.3) is 11.7 Å². The zero-order valence-corrected chi connectivity index (χ0v) is 19.3. The van der Waals surface area contributed by atoms with Crippen molar-refractivity contribution in [1.82, 2.24) is 4.90 Å². The number of benzene rings is 3. The van der Waals surface area contributed by atoms with Crippen LogP contribution in [0, 0.1) is 0 Å². The van der Waals surface area contributed by atoms with Crippen molar-refractivity contribution in [3.8, 4) is 5.75 Å². The lowest BCUT2D eigenvalue weighted by atomic mass is 9.95. The van der Waals surface area contributed by atoms with Crippen molar-refractivity contribution >= 4 is 17.4 Å². The van der Waals surface area contributed by atoms with Crippen molar-refractivity contribution in [2.75, 3.05) is 13.2 Å². The third kappa shape index (κ3) is 5.04. The summed E-state index contributed by atoms with van der Waals surface area (Å²) in [6.45, 7) is 3.11. The second kappa shape index (κ2) is 10.8. The summed E-state index contributed by atoms with van der Waals surface area (Å²) in [5.74, 6) is -0.680. The van der Waals surface area contributed by atoms with Gasteiger partial charge in [-0.05, 0) is 36.1 Å². The van der Waals surface area contributed by atoms with Gasteiger partial charge in [-0.25, -0.2) is 0 Å². The third-order valence-corrected chi connectivity index (χ3v) is 6.03. The van der Waals surface area contributed by atoms with E-state index in [9.17, 15) is 14.7 Å². The fourth-order valence-electron chi connectivity index (χ4n) is 4.18. The van der Waals surface area contributed by atoms with E-state index >= 15 is 0 Å². The smallest absolute Gasteiger partial charge is 0.295 e. The fraction of sp³-hybridized carbons (Fsp3) is 0.241. The van der Waals surface area contributed by atoms with Gasteiger partial charge >= 0.3 is 0 Å². The van der Waals surface area contributed by atoms with E-state index in [1.165, 1.54) is 0 Å². The molecule has 0 aromatic heterocycles. The quantitative estimate of drug-likeness (QED) is 0.199. The van der Waals surface area contributed by atoms with Crippen LogP contribution in [-0.2, 0) is 16.0 Å². The number of carbonyl (C=O) groups is 2. The van der Waals surface area contributed by atoms with E-state index in [0.29, 0.717) is 25.1 Å². The number of likely N-dealkylation sites (tertiary alicyclic amines) is 1. The molecule has 5 nitrogen and oxygen atoms in total. The molecule has 3 aromatic rings. The van der Waals surface area contributed by atoms with E-state index in [2.05, 4.69) is 6.92 Å². The van der Waals surface area contributed by atoms with Crippen LogP contribution >= 0.6 is 0 Å². The molecule has 5 heteroatoms. The third-order valence-electron chi connectivity index (χ3n) is 6.03. The predicted molar refractivity (Wildman–Crippen MR) is 132 cm³/mol. The predicted octanol–water partition coefficient (Wildman–Crippen LogP) is 5.53. The molecular formula is C29H29NO4. The molecule has 3 aromatic carbocycles. The maximum absolute atomic E-state index is 13.1. The second-order valence-electron chi connectivity index (χ2n) is 8.37. The fourth-order valence-corrected chi connectivity index (χ4v) is 4.18. The Hall–Kier alpha value is -3.86. The van der Waals surface area contributed by atoms with Crippen molar-refractivity contribution in [1.29, 1.82) is 0 Å². The lowest BCUT2D eigenvalue weighted by molar-refractivity contribution is -0.139. The number of carbonyl (C=O) groups excluding carboxylic acids is 2. The lowest BCUT2D eigenvalue weighted by Crippen LogP contribution is -2.31. The van der Waals surface area contributed by atoms with Gasteiger partial charge in [-0.3, -0.25) is 9.59 Å². The van der Waals surface area contributed by atoms with Gasteiger partial charge in [0.1, 0.15) is 11.5 Å². The Kier molecular flexibility index (Phi) is 7.43. The van der Waals surface area contributed by atoms with Crippen molar-refractivity contribution < 1.29 is 19.4 Å². The summed E-state index contributed by atoms with van der Waals surface area (Å²) in [4.78, 5) is 27.8. The van der Waals surface area contributed by atoms with Crippen LogP contribution in [0.1, 0.15) is 42.5 Å². The molecule has 0 spiro atoms. The number of hydrogen-bond acceptors (Lipinski definition) is 4. The van der Waals surface area contributed by atoms with Gasteiger partial charge in [-0.15, -0.1) is 0 Å². The van der Waals surface area contributed by atoms with Crippen LogP contribution < -0.4 is 4.74 Å². The molecule has 1 unspecified atom stereocenters. The number of rotatable bonds is 9. The van der Waals surface area contributed by atoms with Crippen LogP contribution in [0.15, 0.2) is 90.5 Å². The number of ketones is 1. The summed E-state index contributed by atoms with van der Waals surface area (Å²) in [6.07, 6.45) is 2.63. The Labute approximate surface area is 200 Å². The summed E-state index contributed by atoms with van der Waals surface area (Å²) >= 11 is 0. The minimum atomic E-state index is -0.673. The maximum Gasteiger partial charge on any atom is 0.295 e. The largest absolute Gasteiger partial charge is 0.507 e. The highest BCUT2D eigenvalue weighted by molar-refractivity contribution is 6.46. The van der Waals surface area contributed by atoms with E-state index in [-0.39, 0.29) is 11.3 Å². The van der Waals surface area contributed by atoms with Crippen LogP contribution in [0.25, 0.3) is 5.76 Å². The number of Topliss-reactive ketones (excluding diaryl/α,β-unsaturated/α-hetero) is 1. The van der Waals surface area contributed by atoms with Gasteiger partial charge in [0.15, 0.2) is 0 Å². The Morgan fingerprint density at radius 2 is 1.56 bits per heavy atom. The highest BCUT2D eigenvalue weighted by Gasteiger charge is 2.45. The second-order valence-corrected chi connectivity index (χ2v) is 8.37. The molecule has 1 amide bonds. The molecule has 1 aliphatic rings. The topological polar surface area (TPSA) is 66.8 Å². The Bertz CT molecular complexity index is 1150. The first-order valence-corrected chi connectivity index (χ1v) is 11.7. The molecule has 0 saturated carbocycles. The van der Waals surface area contributed by atoms with Crippen molar-refractivity contribution in [3.05, 3.63) is 107 Å². The monoisotopic (exact) mass is 455 g/mol. The van der Waals surface area contributed by atoms with E-state index in [0.717, 1.165) is 29.7 Å². The van der Waals surface area contributed by atoms with Crippen LogP contribution in [0.4, 0.5) is 0 Å². The molecule has 1 fully saturated rings. The average Bonchev–Trinajstić information content (AvgIpc) is 3.13. The van der Waals surface area contributed by atoms with Gasteiger partial charge in [-0.2, -0.15) is 0 Å². The normalized spacial score (nSPS) is 17.2. The van der Waals surface area contributed by atoms with Crippen LogP contribution in [0.3, 0.4) is 0 Å². The highest BCUT2D eigenvalue weighted by Crippen LogP contribution is 2.39. The molecule has 34 heavy (non-hydrogen) atoms. The van der Waals surface area contributed by atoms with E-state index in [4.69, 9.17) is 4.74 Å². The molecule has 0 aliphatic carbocycles. The summed E-state index contributed by atoms with van der Waals surface area (Å²) in [5, 5.41) is 11.1. The Balaban J connectivity index is 1.70. The molecule has 174 valence electrons. The molecule has 1 atom stereocenters. The zero-order chi connectivity index (χ0) is 23.9. The number of aliphatic hydroxyl groups is 1. The first kappa shape index (κ1) is 23.3. The molecule has 1 saturated heterocycles. The number of aliphatic hydroxyl groups excluding tert-OH is 1.